The summed E-state index contributed by atoms with van der Waals surface area (Å²) in [5, 5.41) is 21.4. The number of nitrogens with one attached hydrogen (secondary N) is 3. The minimum absolute atomic E-state index is 0.188. The summed E-state index contributed by atoms with van der Waals surface area (Å²) in [6.07, 6.45) is 0.253. The van der Waals surface area contributed by atoms with Crippen molar-refractivity contribution in [2.75, 3.05) is 20.3 Å². The number of esters is 1. The summed E-state index contributed by atoms with van der Waals surface area (Å²) in [6, 6.07) is 13.9. The van der Waals surface area contributed by atoms with Crippen molar-refractivity contribution >= 4 is 53.0 Å². The number of aliphatic hydroxyl groups is 1. The van der Waals surface area contributed by atoms with Gasteiger partial charge < -0.3 is 34.7 Å². The quantitative estimate of drug-likeness (QED) is 0.0777. The van der Waals surface area contributed by atoms with E-state index in [4.69, 9.17) is 53.8 Å². The van der Waals surface area contributed by atoms with Gasteiger partial charge in [-0.3, -0.25) is 5.43 Å². The van der Waals surface area contributed by atoms with Gasteiger partial charge in [0.15, 0.2) is 17.7 Å². The van der Waals surface area contributed by atoms with Gasteiger partial charge in [0.2, 0.25) is 0 Å². The van der Waals surface area contributed by atoms with Crippen LogP contribution in [-0.4, -0.2) is 49.9 Å². The Morgan fingerprint density at radius 2 is 1.76 bits per heavy atom. The van der Waals surface area contributed by atoms with Crippen molar-refractivity contribution in [3.05, 3.63) is 97.6 Å². The Morgan fingerprint density at radius 1 is 1.02 bits per heavy atom. The molecule has 0 unspecified atom stereocenters. The molecule has 4 N–H and O–H groups in total. The van der Waals surface area contributed by atoms with E-state index in [0.29, 0.717) is 55.7 Å². The SMILES string of the molecule is CCOc1cc([C@@H]2NC(=O)NC(C)=C2C(=O)OC)ccc1OC[C@@H](O)N/N=C/c1cc(Cl)ccc1OCc1ccc(Cl)cc1Cl. The molecule has 11 nitrogen and oxygen atoms in total. The predicted molar refractivity (Wildman–Crippen MR) is 171 cm³/mol. The molecule has 0 spiro atoms. The second-order valence-corrected chi connectivity index (χ2v) is 10.9. The lowest BCUT2D eigenvalue weighted by Gasteiger charge is -2.28. The molecule has 0 fully saturated rings. The molecule has 0 saturated heterocycles. The molecule has 3 aromatic carbocycles. The van der Waals surface area contributed by atoms with Gasteiger partial charge in [0.05, 0.1) is 31.5 Å². The van der Waals surface area contributed by atoms with Crippen molar-refractivity contribution in [1.82, 2.24) is 16.1 Å². The normalized spacial score (nSPS) is 15.3. The maximum atomic E-state index is 12.5. The first-order valence-electron chi connectivity index (χ1n) is 13.7. The van der Waals surface area contributed by atoms with Crippen molar-refractivity contribution in [3.63, 3.8) is 0 Å². The van der Waals surface area contributed by atoms with E-state index in [1.54, 1.807) is 68.4 Å². The molecule has 1 aliphatic heterocycles. The molecule has 0 radical (unpaired) electrons. The van der Waals surface area contributed by atoms with Crippen molar-refractivity contribution in [2.24, 2.45) is 5.10 Å². The number of allylic oxidation sites excluding steroid dienone is 1. The lowest BCUT2D eigenvalue weighted by atomic mass is 9.95. The van der Waals surface area contributed by atoms with Crippen molar-refractivity contribution in [2.45, 2.75) is 32.7 Å². The zero-order valence-electron chi connectivity index (χ0n) is 24.5. The van der Waals surface area contributed by atoms with E-state index in [1.165, 1.54) is 13.3 Å². The lowest BCUT2D eigenvalue weighted by molar-refractivity contribution is -0.136. The van der Waals surface area contributed by atoms with Crippen LogP contribution in [0.5, 0.6) is 17.2 Å². The molecule has 14 heteroatoms. The Bertz CT molecular complexity index is 1620. The van der Waals surface area contributed by atoms with Crippen LogP contribution in [0.2, 0.25) is 15.1 Å². The Labute approximate surface area is 275 Å². The second-order valence-electron chi connectivity index (χ2n) is 9.62. The molecule has 0 aromatic heterocycles. The molecular weight excluding hydrogens is 647 g/mol. The van der Waals surface area contributed by atoms with Gasteiger partial charge in [0, 0.05) is 31.9 Å². The molecule has 2 amide bonds. The molecule has 238 valence electrons. The van der Waals surface area contributed by atoms with Gasteiger partial charge in [-0.05, 0) is 61.9 Å². The number of urea groups is 1. The third kappa shape index (κ3) is 8.95. The topological polar surface area (TPSA) is 140 Å². The number of ether oxygens (including phenoxy) is 4. The van der Waals surface area contributed by atoms with Crippen LogP contribution >= 0.6 is 34.8 Å². The van der Waals surface area contributed by atoms with E-state index in [-0.39, 0.29) is 18.8 Å². The highest BCUT2D eigenvalue weighted by atomic mass is 35.5. The van der Waals surface area contributed by atoms with Crippen LogP contribution in [0.4, 0.5) is 4.79 Å². The number of aliphatic hydroxyl groups excluding tert-OH is 1. The number of carbonyl (C=O) groups is 2. The first kappa shape index (κ1) is 33.7. The number of methoxy groups -OCH3 is 1. The first-order valence-corrected chi connectivity index (χ1v) is 14.8. The number of nitrogens with zero attached hydrogens (tertiary/aromatic N) is 1. The summed E-state index contributed by atoms with van der Waals surface area (Å²) in [5.41, 5.74) is 5.12. The van der Waals surface area contributed by atoms with Gasteiger partial charge in [0.1, 0.15) is 19.0 Å². The lowest BCUT2D eigenvalue weighted by Crippen LogP contribution is -2.45. The van der Waals surface area contributed by atoms with Gasteiger partial charge >= 0.3 is 12.0 Å². The van der Waals surface area contributed by atoms with Crippen LogP contribution in [0.3, 0.4) is 0 Å². The minimum atomic E-state index is -1.20. The summed E-state index contributed by atoms with van der Waals surface area (Å²) in [5.74, 6) is 0.591. The average molecular weight is 678 g/mol. The van der Waals surface area contributed by atoms with Crippen LogP contribution in [0.15, 0.2) is 71.0 Å². The second kappa shape index (κ2) is 15.7. The molecule has 0 bridgehead atoms. The van der Waals surface area contributed by atoms with Crippen LogP contribution in [0.1, 0.15) is 36.6 Å². The molecule has 4 rings (SSSR count). The molecule has 0 aliphatic carbocycles. The van der Waals surface area contributed by atoms with Gasteiger partial charge in [0.25, 0.3) is 0 Å². The van der Waals surface area contributed by atoms with E-state index in [1.807, 2.05) is 0 Å². The van der Waals surface area contributed by atoms with E-state index in [2.05, 4.69) is 21.2 Å². The largest absolute Gasteiger partial charge is 0.490 e. The predicted octanol–water partition coefficient (Wildman–Crippen LogP) is 5.75. The maximum Gasteiger partial charge on any atom is 0.337 e. The van der Waals surface area contributed by atoms with E-state index < -0.39 is 24.3 Å². The molecule has 0 saturated carbocycles. The number of halogens is 3. The zero-order chi connectivity index (χ0) is 32.5. The van der Waals surface area contributed by atoms with Crippen molar-refractivity contribution in [3.8, 4) is 17.2 Å². The summed E-state index contributed by atoms with van der Waals surface area (Å²) < 4.78 is 22.4. The Morgan fingerprint density at radius 3 is 2.49 bits per heavy atom. The fourth-order valence-corrected chi connectivity index (χ4v) is 5.00. The zero-order valence-corrected chi connectivity index (χ0v) is 26.8. The molecule has 1 heterocycles. The fourth-order valence-electron chi connectivity index (χ4n) is 4.36. The highest BCUT2D eigenvalue weighted by molar-refractivity contribution is 6.35. The third-order valence-corrected chi connectivity index (χ3v) is 7.29. The highest BCUT2D eigenvalue weighted by Gasteiger charge is 2.32. The molecule has 1 aliphatic rings. The molecule has 45 heavy (non-hydrogen) atoms. The van der Waals surface area contributed by atoms with Crippen LogP contribution in [0.25, 0.3) is 0 Å². The first-order chi connectivity index (χ1) is 21.6. The molecule has 3 aromatic rings. The van der Waals surface area contributed by atoms with Gasteiger partial charge in [-0.15, -0.1) is 0 Å². The summed E-state index contributed by atoms with van der Waals surface area (Å²) >= 11 is 18.4. The van der Waals surface area contributed by atoms with E-state index >= 15 is 0 Å². The average Bonchev–Trinajstić information content (AvgIpc) is 3.00. The number of hydrogen-bond acceptors (Lipinski definition) is 9. The van der Waals surface area contributed by atoms with Crippen molar-refractivity contribution < 1.29 is 33.6 Å². The Hall–Kier alpha value is -4.16. The smallest absolute Gasteiger partial charge is 0.337 e. The summed E-state index contributed by atoms with van der Waals surface area (Å²) in [6.45, 7) is 3.73. The minimum Gasteiger partial charge on any atom is -0.490 e. The maximum absolute atomic E-state index is 12.5. The monoisotopic (exact) mass is 676 g/mol. The third-order valence-electron chi connectivity index (χ3n) is 6.47. The van der Waals surface area contributed by atoms with Crippen LogP contribution in [0, 0.1) is 0 Å². The van der Waals surface area contributed by atoms with Gasteiger partial charge in [-0.1, -0.05) is 46.9 Å². The number of hydrazone groups is 1. The number of rotatable bonds is 13. The summed E-state index contributed by atoms with van der Waals surface area (Å²) in [7, 11) is 1.27. The molecular formula is C31H31Cl3N4O7. The fraction of sp³-hybridized carbons (Fsp3) is 0.258. The number of benzene rings is 3. The van der Waals surface area contributed by atoms with Crippen LogP contribution in [-0.2, 0) is 16.1 Å². The van der Waals surface area contributed by atoms with Crippen LogP contribution < -0.4 is 30.3 Å². The highest BCUT2D eigenvalue weighted by Crippen LogP contribution is 2.35. The van der Waals surface area contributed by atoms with E-state index in [9.17, 15) is 14.7 Å². The number of amides is 2. The molecule has 2 atom stereocenters. The van der Waals surface area contributed by atoms with E-state index in [0.717, 1.165) is 5.56 Å². The van der Waals surface area contributed by atoms with Crippen molar-refractivity contribution in [1.29, 1.82) is 0 Å². The summed E-state index contributed by atoms with van der Waals surface area (Å²) in [4.78, 5) is 24.6. The van der Waals surface area contributed by atoms with Gasteiger partial charge in [-0.25, -0.2) is 9.59 Å². The Balaban J connectivity index is 1.41. The van der Waals surface area contributed by atoms with Gasteiger partial charge in [-0.2, -0.15) is 5.10 Å². The Kier molecular flexibility index (Phi) is 11.8. The number of carbonyl (C=O) groups excluding carboxylic acids is 2. The number of hydrogen-bond donors (Lipinski definition) is 4. The standard InChI is InChI=1S/C31H31Cl3N4O7/c1-4-43-26-12-18(29-28(30(40)42-3)17(2)36-31(41)37-29)6-9-25(26)45-16-27(39)38-35-14-20-11-21(32)8-10-24(20)44-15-19-5-7-22(33)13-23(19)34/h5-14,27,29,38-39H,4,15-16H2,1-3H3,(H2,36,37,41)/b35-14+/t27-,29+/m1/s1.